The molecule has 0 nitrogen and oxygen atoms in total. The highest BCUT2D eigenvalue weighted by Crippen LogP contribution is 2.46. The average Bonchev–Trinajstić information content (AvgIpc) is 2.71. The van der Waals surface area contributed by atoms with Crippen molar-refractivity contribution in [1.29, 1.82) is 0 Å². The fourth-order valence-electron chi connectivity index (χ4n) is 6.20. The summed E-state index contributed by atoms with van der Waals surface area (Å²) in [6.07, 6.45) is 18.6. The first-order valence-corrected chi connectivity index (χ1v) is 12.3. The molecular formula is C27H44. The summed E-state index contributed by atoms with van der Waals surface area (Å²) in [6.45, 7) is 7.20. The van der Waals surface area contributed by atoms with Crippen molar-refractivity contribution >= 4 is 0 Å². The molecule has 2 saturated carbocycles. The van der Waals surface area contributed by atoms with Crippen LogP contribution in [0.25, 0.3) is 0 Å². The molecule has 0 aliphatic heterocycles. The number of aryl methyl sites for hydroxylation is 1. The Hall–Kier alpha value is -0.780. The molecule has 3 unspecified atom stereocenters. The quantitative estimate of drug-likeness (QED) is 0.431. The van der Waals surface area contributed by atoms with Gasteiger partial charge in [-0.05, 0) is 92.1 Å². The van der Waals surface area contributed by atoms with E-state index in [-0.39, 0.29) is 0 Å². The summed E-state index contributed by atoms with van der Waals surface area (Å²) in [6, 6.07) is 9.68. The minimum atomic E-state index is 0.831. The van der Waals surface area contributed by atoms with Crippen molar-refractivity contribution < 1.29 is 0 Å². The molecule has 3 atom stereocenters. The lowest BCUT2D eigenvalue weighted by Gasteiger charge is -2.42. The molecule has 0 amide bonds. The molecule has 152 valence electrons. The maximum atomic E-state index is 2.57. The standard InChI is InChI=1S/C27H44/c1-4-6-8-22-10-13-24(14-11-22)25-15-17-26(18-16-25)27-19-12-23(9-7-5-2)20-21(27)3/h10-11,13-14,21,23,25-27H,4-9,12,15-20H2,1-3H3. The van der Waals surface area contributed by atoms with E-state index in [4.69, 9.17) is 0 Å². The van der Waals surface area contributed by atoms with Crippen molar-refractivity contribution in [3.05, 3.63) is 35.4 Å². The summed E-state index contributed by atoms with van der Waals surface area (Å²) < 4.78 is 0. The topological polar surface area (TPSA) is 0 Å². The fraction of sp³-hybridized carbons (Fsp3) is 0.778. The molecular weight excluding hydrogens is 324 g/mol. The summed E-state index contributed by atoms with van der Waals surface area (Å²) in [5, 5.41) is 0. The van der Waals surface area contributed by atoms with Gasteiger partial charge in [-0.25, -0.2) is 0 Å². The fourth-order valence-corrected chi connectivity index (χ4v) is 6.20. The van der Waals surface area contributed by atoms with Crippen LogP contribution < -0.4 is 0 Å². The Kier molecular flexibility index (Phi) is 8.28. The maximum Gasteiger partial charge on any atom is -0.0162 e. The van der Waals surface area contributed by atoms with Crippen LogP contribution in [-0.4, -0.2) is 0 Å². The first-order valence-electron chi connectivity index (χ1n) is 12.3. The van der Waals surface area contributed by atoms with Crippen molar-refractivity contribution in [2.45, 2.75) is 110 Å². The molecule has 27 heavy (non-hydrogen) atoms. The van der Waals surface area contributed by atoms with Gasteiger partial charge in [0.05, 0.1) is 0 Å². The van der Waals surface area contributed by atoms with Crippen molar-refractivity contribution in [1.82, 2.24) is 0 Å². The van der Waals surface area contributed by atoms with Gasteiger partial charge in [0.1, 0.15) is 0 Å². The largest absolute Gasteiger partial charge is 0.0654 e. The zero-order chi connectivity index (χ0) is 19.1. The lowest BCUT2D eigenvalue weighted by Crippen LogP contribution is -2.31. The van der Waals surface area contributed by atoms with Gasteiger partial charge in [0.25, 0.3) is 0 Å². The molecule has 2 aliphatic carbocycles. The van der Waals surface area contributed by atoms with Crippen molar-refractivity contribution in [3.63, 3.8) is 0 Å². The Labute approximate surface area is 169 Å². The van der Waals surface area contributed by atoms with Crippen LogP contribution in [0.4, 0.5) is 0 Å². The van der Waals surface area contributed by atoms with E-state index in [2.05, 4.69) is 45.0 Å². The van der Waals surface area contributed by atoms with Gasteiger partial charge in [-0.3, -0.25) is 0 Å². The van der Waals surface area contributed by atoms with Gasteiger partial charge in [0.2, 0.25) is 0 Å². The number of benzene rings is 1. The highest BCUT2D eigenvalue weighted by molar-refractivity contribution is 5.26. The summed E-state index contributed by atoms with van der Waals surface area (Å²) in [5.74, 6) is 4.89. The number of rotatable bonds is 8. The van der Waals surface area contributed by atoms with E-state index in [9.17, 15) is 0 Å². The van der Waals surface area contributed by atoms with E-state index in [0.29, 0.717) is 0 Å². The number of unbranched alkanes of at least 4 members (excludes halogenated alkanes) is 2. The minimum Gasteiger partial charge on any atom is -0.0654 e. The summed E-state index contributed by atoms with van der Waals surface area (Å²) in [4.78, 5) is 0. The van der Waals surface area contributed by atoms with Crippen LogP contribution >= 0.6 is 0 Å². The predicted molar refractivity (Wildman–Crippen MR) is 119 cm³/mol. The van der Waals surface area contributed by atoms with Crippen LogP contribution in [0, 0.1) is 23.7 Å². The lowest BCUT2D eigenvalue weighted by molar-refractivity contribution is 0.102. The van der Waals surface area contributed by atoms with E-state index >= 15 is 0 Å². The molecule has 2 fully saturated rings. The van der Waals surface area contributed by atoms with Gasteiger partial charge >= 0.3 is 0 Å². The highest BCUT2D eigenvalue weighted by atomic mass is 14.4. The molecule has 3 rings (SSSR count). The van der Waals surface area contributed by atoms with E-state index in [0.717, 1.165) is 29.6 Å². The Morgan fingerprint density at radius 3 is 2.15 bits per heavy atom. The third-order valence-electron chi connectivity index (χ3n) is 7.96. The Bertz CT molecular complexity index is 519. The minimum absolute atomic E-state index is 0.831. The predicted octanol–water partition coefficient (Wildman–Crippen LogP) is 8.55. The Morgan fingerprint density at radius 1 is 0.815 bits per heavy atom. The molecule has 0 spiro atoms. The SMILES string of the molecule is CCCCc1ccc(C2CCC(C3CCC(CCCC)CC3C)CC2)cc1. The number of hydrogen-bond acceptors (Lipinski definition) is 0. The molecule has 1 aromatic carbocycles. The average molecular weight is 369 g/mol. The molecule has 0 radical (unpaired) electrons. The third kappa shape index (κ3) is 5.85. The molecule has 0 heteroatoms. The molecule has 0 saturated heterocycles. The second kappa shape index (κ2) is 10.7. The molecule has 1 aromatic rings. The third-order valence-corrected chi connectivity index (χ3v) is 7.96. The second-order valence-electron chi connectivity index (χ2n) is 9.92. The van der Waals surface area contributed by atoms with Crippen molar-refractivity contribution in [3.8, 4) is 0 Å². The first kappa shape index (κ1) is 20.9. The monoisotopic (exact) mass is 368 g/mol. The van der Waals surface area contributed by atoms with Crippen LogP contribution in [0.5, 0.6) is 0 Å². The van der Waals surface area contributed by atoms with Crippen LogP contribution in [0.1, 0.15) is 115 Å². The van der Waals surface area contributed by atoms with E-state index < -0.39 is 0 Å². The van der Waals surface area contributed by atoms with Gasteiger partial charge in [-0.2, -0.15) is 0 Å². The second-order valence-corrected chi connectivity index (χ2v) is 9.92. The van der Waals surface area contributed by atoms with Gasteiger partial charge in [-0.1, -0.05) is 77.1 Å². The summed E-state index contributed by atoms with van der Waals surface area (Å²) in [7, 11) is 0. The van der Waals surface area contributed by atoms with Crippen LogP contribution in [0.3, 0.4) is 0 Å². The van der Waals surface area contributed by atoms with Crippen molar-refractivity contribution in [2.75, 3.05) is 0 Å². The first-order chi connectivity index (χ1) is 13.2. The molecule has 0 heterocycles. The zero-order valence-electron chi connectivity index (χ0n) is 18.4. The Morgan fingerprint density at radius 2 is 1.52 bits per heavy atom. The van der Waals surface area contributed by atoms with Crippen LogP contribution in [0.2, 0.25) is 0 Å². The van der Waals surface area contributed by atoms with E-state index in [1.165, 1.54) is 89.0 Å². The van der Waals surface area contributed by atoms with Gasteiger partial charge in [0.15, 0.2) is 0 Å². The van der Waals surface area contributed by atoms with Gasteiger partial charge in [-0.15, -0.1) is 0 Å². The van der Waals surface area contributed by atoms with E-state index in [1.54, 1.807) is 5.56 Å². The molecule has 0 bridgehead atoms. The summed E-state index contributed by atoms with van der Waals surface area (Å²) >= 11 is 0. The molecule has 0 aromatic heterocycles. The highest BCUT2D eigenvalue weighted by Gasteiger charge is 2.35. The van der Waals surface area contributed by atoms with Gasteiger partial charge < -0.3 is 0 Å². The summed E-state index contributed by atoms with van der Waals surface area (Å²) in [5.41, 5.74) is 3.15. The normalized spacial score (nSPS) is 31.7. The lowest BCUT2D eigenvalue weighted by atomic mass is 9.64. The maximum absolute atomic E-state index is 2.57. The Balaban J connectivity index is 1.46. The smallest absolute Gasteiger partial charge is 0.0162 e. The zero-order valence-corrected chi connectivity index (χ0v) is 18.4. The molecule has 0 N–H and O–H groups in total. The molecule has 2 aliphatic rings. The van der Waals surface area contributed by atoms with Crippen LogP contribution in [-0.2, 0) is 6.42 Å². The van der Waals surface area contributed by atoms with Crippen LogP contribution in [0.15, 0.2) is 24.3 Å². The van der Waals surface area contributed by atoms with Gasteiger partial charge in [0, 0.05) is 0 Å². The number of hydrogen-bond donors (Lipinski definition) is 0. The van der Waals surface area contributed by atoms with E-state index in [1.807, 2.05) is 0 Å². The van der Waals surface area contributed by atoms with Crippen molar-refractivity contribution in [2.24, 2.45) is 23.7 Å².